The lowest BCUT2D eigenvalue weighted by Gasteiger charge is -2.32. The summed E-state index contributed by atoms with van der Waals surface area (Å²) in [7, 11) is 1.92. The third-order valence-electron chi connectivity index (χ3n) is 10.8. The van der Waals surface area contributed by atoms with Gasteiger partial charge in [0.05, 0.1) is 18.1 Å². The molecular formula is C39H59N3O6. The predicted octanol–water partition coefficient (Wildman–Crippen LogP) is 5.18. The number of aliphatic imine (C=N–C) groups is 1. The number of phenols is 1. The molecule has 0 spiro atoms. The molecule has 0 aromatic heterocycles. The first-order valence-corrected chi connectivity index (χ1v) is 18.5. The third-order valence-corrected chi connectivity index (χ3v) is 10.8. The molecule has 1 unspecified atom stereocenters. The van der Waals surface area contributed by atoms with Gasteiger partial charge in [-0.1, -0.05) is 50.9 Å². The second kappa shape index (κ2) is 17.8. The van der Waals surface area contributed by atoms with Gasteiger partial charge in [-0.3, -0.25) is 5.32 Å². The van der Waals surface area contributed by atoms with Crippen LogP contribution in [0.25, 0.3) is 0 Å². The monoisotopic (exact) mass is 665 g/mol. The van der Waals surface area contributed by atoms with E-state index < -0.39 is 6.10 Å². The van der Waals surface area contributed by atoms with Gasteiger partial charge >= 0.3 is 0 Å². The Labute approximate surface area is 287 Å². The quantitative estimate of drug-likeness (QED) is 0.111. The van der Waals surface area contributed by atoms with Crippen LogP contribution in [0.3, 0.4) is 0 Å². The zero-order chi connectivity index (χ0) is 34.0. The summed E-state index contributed by atoms with van der Waals surface area (Å²) in [5.74, 6) is 3.94. The Morgan fingerprint density at radius 3 is 2.77 bits per heavy atom. The molecule has 5 rings (SSSR count). The average molecular weight is 666 g/mol. The number of likely N-dealkylation sites (N-methyl/N-ethyl adjacent to an activating group) is 1. The Morgan fingerprint density at radius 1 is 1.17 bits per heavy atom. The van der Waals surface area contributed by atoms with E-state index in [9.17, 15) is 20.4 Å². The minimum atomic E-state index is -0.436. The highest BCUT2D eigenvalue weighted by Crippen LogP contribution is 2.49. The van der Waals surface area contributed by atoms with E-state index in [-0.39, 0.29) is 43.1 Å². The van der Waals surface area contributed by atoms with Gasteiger partial charge in [-0.15, -0.1) is 4.99 Å². The molecule has 4 aliphatic rings. The number of hydrogen-bond acceptors (Lipinski definition) is 9. The van der Waals surface area contributed by atoms with Gasteiger partial charge in [-0.25, -0.2) is 0 Å². The Balaban J connectivity index is 1.26. The first-order valence-electron chi connectivity index (χ1n) is 18.5. The van der Waals surface area contributed by atoms with Crippen LogP contribution in [-0.2, 0) is 11.2 Å². The maximum atomic E-state index is 10.7. The predicted molar refractivity (Wildman–Crippen MR) is 190 cm³/mol. The van der Waals surface area contributed by atoms with Gasteiger partial charge < -0.3 is 35.2 Å². The molecule has 2 aliphatic carbocycles. The number of unbranched alkanes of at least 4 members (excludes halogenated alkanes) is 1. The lowest BCUT2D eigenvalue weighted by Crippen LogP contribution is -2.44. The molecule has 48 heavy (non-hydrogen) atoms. The standard InChI is InChI=1S/C39H59N3O6/c1-4-5-11-37-28(23-44)20-29(48-37)15-12-26-13-17-36(46)38(19-26)47-24-35(40-3)34-21-31-32(42-34)16-14-27-8-6-9-30(27)39(31)33(10-7-18-43)41-22-25(2)45/h13,17,19-21,25,27,30,33,35,37,39-41,43-46H,4-12,14-16,18,22-24H2,1-3H3/t25-,27+,30-,33-,35-,37?,39-/m0/s1. The molecule has 266 valence electrons. The van der Waals surface area contributed by atoms with Crippen LogP contribution < -0.4 is 15.4 Å². The summed E-state index contributed by atoms with van der Waals surface area (Å²) in [6.07, 6.45) is 15.8. The van der Waals surface area contributed by atoms with Crippen molar-refractivity contribution in [3.63, 3.8) is 0 Å². The summed E-state index contributed by atoms with van der Waals surface area (Å²) < 4.78 is 12.4. The van der Waals surface area contributed by atoms with Crippen LogP contribution in [0.1, 0.15) is 90.0 Å². The first-order chi connectivity index (χ1) is 23.3. The van der Waals surface area contributed by atoms with Crippen molar-refractivity contribution in [2.24, 2.45) is 22.7 Å². The van der Waals surface area contributed by atoms with Crippen molar-refractivity contribution in [3.05, 3.63) is 59.2 Å². The lowest BCUT2D eigenvalue weighted by atomic mass is 9.74. The number of benzene rings is 1. The number of aromatic hydroxyl groups is 1. The number of phenolic OH excluding ortho intramolecular Hbond substituents is 1. The van der Waals surface area contributed by atoms with Crippen LogP contribution in [0.5, 0.6) is 11.5 Å². The number of rotatable bonds is 19. The summed E-state index contributed by atoms with van der Waals surface area (Å²) in [6.45, 7) is 5.00. The highest BCUT2D eigenvalue weighted by Gasteiger charge is 2.50. The molecule has 2 heterocycles. The molecule has 0 bridgehead atoms. The molecule has 2 saturated carbocycles. The van der Waals surface area contributed by atoms with Gasteiger partial charge in [-0.2, -0.15) is 12.0 Å². The Morgan fingerprint density at radius 2 is 2.02 bits per heavy atom. The topological polar surface area (TPSA) is 136 Å². The van der Waals surface area contributed by atoms with Crippen molar-refractivity contribution in [1.29, 1.82) is 0 Å². The Kier molecular flexibility index (Phi) is 13.6. The molecule has 6 N–H and O–H groups in total. The number of aliphatic hydroxyl groups is 3. The summed E-state index contributed by atoms with van der Waals surface area (Å²) >= 11 is 0. The third kappa shape index (κ3) is 9.10. The fraction of sp³-hybridized carbons (Fsp3) is 0.667. The van der Waals surface area contributed by atoms with Crippen LogP contribution in [0.4, 0.5) is 0 Å². The largest absolute Gasteiger partial charge is 0.592 e. The SMILES string of the molecule is CCCCC1OC(CCc2ccc(O)c(OC[C@H](NC)[C+]3C=C4C(=N3)CC[C@H]3CCC[C@@H]3[C@@H]4[C@H](CCCO)NC[C@H](C)O)c2)=C[C-]1CO. The van der Waals surface area contributed by atoms with Crippen LogP contribution in [0, 0.1) is 29.7 Å². The van der Waals surface area contributed by atoms with E-state index in [2.05, 4.69) is 23.6 Å². The minimum Gasteiger partial charge on any atom is -0.592 e. The van der Waals surface area contributed by atoms with E-state index in [4.69, 9.17) is 14.5 Å². The van der Waals surface area contributed by atoms with Gasteiger partial charge in [0.25, 0.3) is 0 Å². The van der Waals surface area contributed by atoms with Crippen LogP contribution in [0.2, 0.25) is 0 Å². The molecule has 0 amide bonds. The van der Waals surface area contributed by atoms with Crippen molar-refractivity contribution in [1.82, 2.24) is 10.6 Å². The first kappa shape index (κ1) is 36.6. The number of allylic oxidation sites excluding steroid dienone is 1. The van der Waals surface area contributed by atoms with Gasteiger partial charge in [0.1, 0.15) is 18.2 Å². The van der Waals surface area contributed by atoms with E-state index in [0.29, 0.717) is 37.2 Å². The van der Waals surface area contributed by atoms with Gasteiger partial charge in [0.2, 0.25) is 0 Å². The fourth-order valence-corrected chi connectivity index (χ4v) is 8.26. The molecule has 1 aromatic carbocycles. The lowest BCUT2D eigenvalue weighted by molar-refractivity contribution is 0.123. The van der Waals surface area contributed by atoms with Crippen LogP contribution >= 0.6 is 0 Å². The maximum absolute atomic E-state index is 10.7. The summed E-state index contributed by atoms with van der Waals surface area (Å²) in [6, 6.07) is 6.48. The molecule has 7 atom stereocenters. The highest BCUT2D eigenvalue weighted by atomic mass is 16.5. The average Bonchev–Trinajstić information content (AvgIpc) is 3.81. The van der Waals surface area contributed by atoms with Crippen molar-refractivity contribution < 1.29 is 29.9 Å². The van der Waals surface area contributed by atoms with E-state index >= 15 is 0 Å². The molecule has 2 fully saturated rings. The Bertz CT molecular complexity index is 1260. The van der Waals surface area contributed by atoms with E-state index in [1.165, 1.54) is 30.5 Å². The fourth-order valence-electron chi connectivity index (χ4n) is 8.26. The highest BCUT2D eigenvalue weighted by molar-refractivity contribution is 6.04. The molecule has 1 aromatic rings. The van der Waals surface area contributed by atoms with Gasteiger partial charge in [0, 0.05) is 38.3 Å². The smallest absolute Gasteiger partial charge is 0.189 e. The van der Waals surface area contributed by atoms with Gasteiger partial charge in [0.15, 0.2) is 23.3 Å². The van der Waals surface area contributed by atoms with Crippen molar-refractivity contribution in [2.45, 2.75) is 115 Å². The van der Waals surface area contributed by atoms with Crippen LogP contribution in [-0.4, -0.2) is 83.8 Å². The zero-order valence-electron chi connectivity index (χ0n) is 29.3. The van der Waals surface area contributed by atoms with Gasteiger partial charge in [-0.05, 0) is 82.0 Å². The summed E-state index contributed by atoms with van der Waals surface area (Å²) in [5, 5.41) is 47.4. The van der Waals surface area contributed by atoms with Crippen LogP contribution in [0.15, 0.2) is 46.7 Å². The van der Waals surface area contributed by atoms with Crippen molar-refractivity contribution in [3.8, 4) is 11.5 Å². The second-order valence-electron chi connectivity index (χ2n) is 14.3. The van der Waals surface area contributed by atoms with E-state index in [1.807, 2.05) is 32.2 Å². The molecule has 9 heteroatoms. The van der Waals surface area contributed by atoms with Crippen molar-refractivity contribution >= 4 is 5.71 Å². The molecular weight excluding hydrogens is 606 g/mol. The molecule has 0 saturated heterocycles. The molecule has 9 nitrogen and oxygen atoms in total. The number of ether oxygens (including phenoxy) is 2. The summed E-state index contributed by atoms with van der Waals surface area (Å²) in [5.41, 5.74) is 3.53. The Hall–Kier alpha value is -2.69. The van der Waals surface area contributed by atoms with Crippen molar-refractivity contribution in [2.75, 3.05) is 33.4 Å². The molecule has 2 aliphatic heterocycles. The summed E-state index contributed by atoms with van der Waals surface area (Å²) in [4.78, 5) is 5.21. The minimum absolute atomic E-state index is 0.0227. The van der Waals surface area contributed by atoms with E-state index in [0.717, 1.165) is 74.6 Å². The number of nitrogens with one attached hydrogen (secondary N) is 2. The number of hydrogen-bond donors (Lipinski definition) is 6. The zero-order valence-corrected chi connectivity index (χ0v) is 29.3. The maximum Gasteiger partial charge on any atom is 0.189 e. The van der Waals surface area contributed by atoms with E-state index in [1.54, 1.807) is 6.07 Å². The molecule has 0 radical (unpaired) electrons. The second-order valence-corrected chi connectivity index (χ2v) is 14.3. The number of aliphatic hydroxyl groups excluding tert-OH is 3. The number of fused-ring (bicyclic) bond motifs is 2. The normalized spacial score (nSPS) is 25.4. The number of nitrogens with zero attached hydrogens (tertiary/aromatic N) is 1. The number of aryl methyl sites for hydroxylation is 1.